The van der Waals surface area contributed by atoms with Gasteiger partial charge in [-0.15, -0.1) is 5.92 Å². The van der Waals surface area contributed by atoms with E-state index in [1.54, 1.807) is 13.0 Å². The molecule has 0 saturated carbocycles. The Morgan fingerprint density at radius 2 is 2.42 bits per heavy atom. The average Bonchev–Trinajstić information content (AvgIpc) is 2.05. The molecule has 12 heavy (non-hydrogen) atoms. The first-order chi connectivity index (χ1) is 5.83. The Bertz CT molecular complexity index is 316. The molecule has 1 aromatic rings. The fourth-order valence-electron chi connectivity index (χ4n) is 0.578. The van der Waals surface area contributed by atoms with Crippen molar-refractivity contribution in [1.82, 2.24) is 9.97 Å². The van der Waals surface area contributed by atoms with Crippen molar-refractivity contribution in [3.8, 4) is 17.7 Å². The molecule has 0 bridgehead atoms. The Labute approximate surface area is 84.7 Å². The molecule has 1 aromatic heterocycles. The third kappa shape index (κ3) is 3.05. The first kappa shape index (κ1) is 9.26. The van der Waals surface area contributed by atoms with Crippen LogP contribution in [0.1, 0.15) is 6.92 Å². The Balaban J connectivity index is 2.55. The topological polar surface area (TPSA) is 35.0 Å². The SMILES string of the molecule is CC#CCOc1cc(I)ncn1. The molecule has 0 atom stereocenters. The van der Waals surface area contributed by atoms with E-state index in [0.717, 1.165) is 3.70 Å². The molecule has 62 valence electrons. The van der Waals surface area contributed by atoms with E-state index in [1.807, 2.05) is 0 Å². The molecule has 0 spiro atoms. The summed E-state index contributed by atoms with van der Waals surface area (Å²) in [7, 11) is 0. The fourth-order valence-corrected chi connectivity index (χ4v) is 0.969. The van der Waals surface area contributed by atoms with Crippen LogP contribution >= 0.6 is 22.6 Å². The molecule has 4 heteroatoms. The minimum atomic E-state index is 0.379. The van der Waals surface area contributed by atoms with Gasteiger partial charge < -0.3 is 4.74 Å². The highest BCUT2D eigenvalue weighted by Crippen LogP contribution is 2.07. The minimum Gasteiger partial charge on any atom is -0.464 e. The Kier molecular flexibility index (Phi) is 3.80. The molecular formula is C8H7IN2O. The maximum Gasteiger partial charge on any atom is 0.218 e. The number of halogens is 1. The quantitative estimate of drug-likeness (QED) is 0.465. The second-order valence-electron chi connectivity index (χ2n) is 1.89. The molecule has 0 fully saturated rings. The number of ether oxygens (including phenoxy) is 1. The summed E-state index contributed by atoms with van der Waals surface area (Å²) in [6.07, 6.45) is 1.47. The van der Waals surface area contributed by atoms with Gasteiger partial charge in [0.25, 0.3) is 0 Å². The first-order valence-electron chi connectivity index (χ1n) is 3.33. The number of rotatable bonds is 2. The molecule has 0 aliphatic rings. The third-order valence-corrected chi connectivity index (χ3v) is 1.67. The van der Waals surface area contributed by atoms with Crippen molar-refractivity contribution < 1.29 is 4.74 Å². The van der Waals surface area contributed by atoms with E-state index in [4.69, 9.17) is 4.74 Å². The molecule has 0 amide bonds. The van der Waals surface area contributed by atoms with Gasteiger partial charge in [-0.05, 0) is 29.5 Å². The van der Waals surface area contributed by atoms with Gasteiger partial charge >= 0.3 is 0 Å². The van der Waals surface area contributed by atoms with Crippen LogP contribution in [0, 0.1) is 15.5 Å². The van der Waals surface area contributed by atoms with Crippen LogP contribution in [0.15, 0.2) is 12.4 Å². The molecule has 0 aliphatic heterocycles. The van der Waals surface area contributed by atoms with E-state index in [2.05, 4.69) is 44.4 Å². The maximum atomic E-state index is 5.20. The van der Waals surface area contributed by atoms with Gasteiger partial charge in [-0.2, -0.15) is 0 Å². The zero-order valence-electron chi connectivity index (χ0n) is 6.54. The molecule has 0 aliphatic carbocycles. The average molecular weight is 274 g/mol. The highest BCUT2D eigenvalue weighted by atomic mass is 127. The smallest absolute Gasteiger partial charge is 0.218 e. The van der Waals surface area contributed by atoms with Gasteiger partial charge in [0.1, 0.15) is 10.0 Å². The van der Waals surface area contributed by atoms with E-state index in [9.17, 15) is 0 Å². The lowest BCUT2D eigenvalue weighted by molar-refractivity contribution is 0.354. The van der Waals surface area contributed by atoms with Crippen molar-refractivity contribution in [1.29, 1.82) is 0 Å². The summed E-state index contributed by atoms with van der Waals surface area (Å²) in [5.41, 5.74) is 0. The van der Waals surface area contributed by atoms with Crippen molar-refractivity contribution in [3.63, 3.8) is 0 Å². The van der Waals surface area contributed by atoms with Crippen LogP contribution in [0.4, 0.5) is 0 Å². The molecule has 0 unspecified atom stereocenters. The Morgan fingerprint density at radius 3 is 3.08 bits per heavy atom. The van der Waals surface area contributed by atoms with Gasteiger partial charge in [0.2, 0.25) is 5.88 Å². The summed E-state index contributed by atoms with van der Waals surface area (Å²) in [6, 6.07) is 1.76. The largest absolute Gasteiger partial charge is 0.464 e. The van der Waals surface area contributed by atoms with Gasteiger partial charge in [0.05, 0.1) is 0 Å². The summed E-state index contributed by atoms with van der Waals surface area (Å²) >= 11 is 2.10. The van der Waals surface area contributed by atoms with Crippen molar-refractivity contribution in [3.05, 3.63) is 16.1 Å². The highest BCUT2D eigenvalue weighted by molar-refractivity contribution is 14.1. The van der Waals surface area contributed by atoms with Gasteiger partial charge in [0, 0.05) is 6.07 Å². The minimum absolute atomic E-state index is 0.379. The Morgan fingerprint density at radius 1 is 1.58 bits per heavy atom. The lowest BCUT2D eigenvalue weighted by Crippen LogP contribution is -1.97. The zero-order chi connectivity index (χ0) is 8.81. The normalized spacial score (nSPS) is 8.50. The van der Waals surface area contributed by atoms with Crippen molar-refractivity contribution >= 4 is 22.6 Å². The molecule has 0 aromatic carbocycles. The van der Waals surface area contributed by atoms with Crippen LogP contribution in [0.2, 0.25) is 0 Å². The monoisotopic (exact) mass is 274 g/mol. The van der Waals surface area contributed by atoms with E-state index >= 15 is 0 Å². The maximum absolute atomic E-state index is 5.20. The molecule has 1 rings (SSSR count). The molecular weight excluding hydrogens is 267 g/mol. The van der Waals surface area contributed by atoms with Gasteiger partial charge in [-0.3, -0.25) is 0 Å². The highest BCUT2D eigenvalue weighted by Gasteiger charge is 1.94. The third-order valence-electron chi connectivity index (χ3n) is 1.08. The molecule has 1 heterocycles. The van der Waals surface area contributed by atoms with Crippen LogP contribution in [-0.2, 0) is 0 Å². The van der Waals surface area contributed by atoms with Crippen LogP contribution in [0.5, 0.6) is 5.88 Å². The van der Waals surface area contributed by atoms with Gasteiger partial charge in [0.15, 0.2) is 6.61 Å². The van der Waals surface area contributed by atoms with Crippen molar-refractivity contribution in [2.24, 2.45) is 0 Å². The summed E-state index contributed by atoms with van der Waals surface area (Å²) in [5.74, 6) is 6.08. The lowest BCUT2D eigenvalue weighted by Gasteiger charge is -1.98. The summed E-state index contributed by atoms with van der Waals surface area (Å²) < 4.78 is 6.06. The second-order valence-corrected chi connectivity index (χ2v) is 3.00. The van der Waals surface area contributed by atoms with Gasteiger partial charge in [-0.1, -0.05) is 5.92 Å². The number of hydrogen-bond donors (Lipinski definition) is 0. The molecule has 0 radical (unpaired) electrons. The lowest BCUT2D eigenvalue weighted by atomic mass is 10.6. The van der Waals surface area contributed by atoms with Crippen LogP contribution in [0.25, 0.3) is 0 Å². The molecule has 3 nitrogen and oxygen atoms in total. The summed E-state index contributed by atoms with van der Waals surface area (Å²) in [5, 5.41) is 0. The standard InChI is InChI=1S/C8H7IN2O/c1-2-3-4-12-8-5-7(9)10-6-11-8/h5-6H,4H2,1H3. The van der Waals surface area contributed by atoms with E-state index < -0.39 is 0 Å². The number of nitrogens with zero attached hydrogens (tertiary/aromatic N) is 2. The van der Waals surface area contributed by atoms with E-state index in [0.29, 0.717) is 12.5 Å². The number of hydrogen-bond acceptors (Lipinski definition) is 3. The van der Waals surface area contributed by atoms with Gasteiger partial charge in [-0.25, -0.2) is 9.97 Å². The molecule has 0 saturated heterocycles. The Hall–Kier alpha value is -0.830. The zero-order valence-corrected chi connectivity index (χ0v) is 8.70. The van der Waals surface area contributed by atoms with Crippen molar-refractivity contribution in [2.75, 3.05) is 6.61 Å². The second kappa shape index (κ2) is 4.93. The predicted octanol–water partition coefficient (Wildman–Crippen LogP) is 1.48. The summed E-state index contributed by atoms with van der Waals surface area (Å²) in [6.45, 7) is 2.15. The predicted molar refractivity (Wildman–Crippen MR) is 53.7 cm³/mol. The number of aromatic nitrogens is 2. The van der Waals surface area contributed by atoms with Crippen LogP contribution in [-0.4, -0.2) is 16.6 Å². The van der Waals surface area contributed by atoms with Crippen molar-refractivity contribution in [2.45, 2.75) is 6.92 Å². The molecule has 0 N–H and O–H groups in total. The first-order valence-corrected chi connectivity index (χ1v) is 4.41. The van der Waals surface area contributed by atoms with E-state index in [1.165, 1.54) is 6.33 Å². The fraction of sp³-hybridized carbons (Fsp3) is 0.250. The van der Waals surface area contributed by atoms with Crippen LogP contribution in [0.3, 0.4) is 0 Å². The van der Waals surface area contributed by atoms with E-state index in [-0.39, 0.29) is 0 Å². The van der Waals surface area contributed by atoms with Crippen LogP contribution < -0.4 is 4.74 Å². The summed E-state index contributed by atoms with van der Waals surface area (Å²) in [4.78, 5) is 7.83.